The van der Waals surface area contributed by atoms with Gasteiger partial charge in [-0.05, 0) is 48.0 Å². The molecule has 2 aromatic rings. The molecule has 0 radical (unpaired) electrons. The minimum absolute atomic E-state index is 0.0264. The van der Waals surface area contributed by atoms with Crippen molar-refractivity contribution in [1.82, 2.24) is 0 Å². The van der Waals surface area contributed by atoms with E-state index >= 15 is 0 Å². The van der Waals surface area contributed by atoms with Crippen molar-refractivity contribution in [3.05, 3.63) is 59.7 Å². The number of nitriles is 1. The van der Waals surface area contributed by atoms with Crippen LogP contribution in [0, 0.1) is 11.3 Å². The maximum absolute atomic E-state index is 12.1. The largest absolute Gasteiger partial charge is 0.508 e. The number of nitrogens with one attached hydrogen (secondary N) is 1. The number of amides is 1. The van der Waals surface area contributed by atoms with Crippen LogP contribution >= 0.6 is 0 Å². The third-order valence-electron chi connectivity index (χ3n) is 2.92. The predicted octanol–water partition coefficient (Wildman–Crippen LogP) is 2.95. The van der Waals surface area contributed by atoms with E-state index in [-0.39, 0.29) is 11.3 Å². The number of aromatic hydroxyl groups is 1. The van der Waals surface area contributed by atoms with Gasteiger partial charge in [0.1, 0.15) is 23.1 Å². The van der Waals surface area contributed by atoms with E-state index in [1.807, 2.05) is 6.07 Å². The van der Waals surface area contributed by atoms with Gasteiger partial charge in [-0.15, -0.1) is 0 Å². The van der Waals surface area contributed by atoms with Crippen molar-refractivity contribution >= 4 is 17.7 Å². The Labute approximate surface area is 128 Å². The molecule has 0 aromatic heterocycles. The molecule has 110 valence electrons. The Morgan fingerprint density at radius 2 is 1.82 bits per heavy atom. The third kappa shape index (κ3) is 3.87. The fourth-order valence-electron chi connectivity index (χ4n) is 1.76. The normalized spacial score (nSPS) is 10.6. The van der Waals surface area contributed by atoms with Crippen molar-refractivity contribution in [3.8, 4) is 17.6 Å². The lowest BCUT2D eigenvalue weighted by Gasteiger charge is -2.05. The zero-order valence-corrected chi connectivity index (χ0v) is 11.9. The first-order valence-corrected chi connectivity index (χ1v) is 6.48. The van der Waals surface area contributed by atoms with Gasteiger partial charge in [-0.25, -0.2) is 0 Å². The number of hydrogen-bond acceptors (Lipinski definition) is 4. The molecule has 1 amide bonds. The maximum Gasteiger partial charge on any atom is 0.266 e. The molecule has 0 saturated carbocycles. The Bertz CT molecular complexity index is 726. The summed E-state index contributed by atoms with van der Waals surface area (Å²) in [5, 5.41) is 21.0. The summed E-state index contributed by atoms with van der Waals surface area (Å²) < 4.78 is 5.03. The second kappa shape index (κ2) is 6.95. The van der Waals surface area contributed by atoms with Crippen molar-refractivity contribution in [2.24, 2.45) is 0 Å². The molecule has 5 nitrogen and oxygen atoms in total. The zero-order valence-electron chi connectivity index (χ0n) is 11.9. The van der Waals surface area contributed by atoms with Crippen LogP contribution in [-0.4, -0.2) is 18.1 Å². The van der Waals surface area contributed by atoms with Crippen LogP contribution in [0.15, 0.2) is 54.1 Å². The van der Waals surface area contributed by atoms with E-state index in [0.29, 0.717) is 17.0 Å². The number of phenolic OH excluding ortho intramolecular Hbond substituents is 1. The number of carbonyl (C=O) groups is 1. The van der Waals surface area contributed by atoms with E-state index in [1.54, 1.807) is 43.5 Å². The number of hydrogen-bond donors (Lipinski definition) is 2. The Morgan fingerprint density at radius 3 is 2.36 bits per heavy atom. The van der Waals surface area contributed by atoms with Crippen LogP contribution in [0.2, 0.25) is 0 Å². The number of methoxy groups -OCH3 is 1. The van der Waals surface area contributed by atoms with Gasteiger partial charge in [0.15, 0.2) is 0 Å². The first-order chi connectivity index (χ1) is 10.6. The molecule has 0 fully saturated rings. The molecule has 0 aliphatic heterocycles. The van der Waals surface area contributed by atoms with E-state index in [9.17, 15) is 9.90 Å². The molecule has 0 saturated heterocycles. The summed E-state index contributed by atoms with van der Waals surface area (Å²) in [5.74, 6) is 0.303. The molecule has 0 bridgehead atoms. The molecular weight excluding hydrogens is 280 g/mol. The SMILES string of the molecule is COc1ccc(NC(=O)/C(C#N)=C/c2ccc(O)cc2)cc1. The van der Waals surface area contributed by atoms with Crippen molar-refractivity contribution in [3.63, 3.8) is 0 Å². The fourth-order valence-corrected chi connectivity index (χ4v) is 1.76. The maximum atomic E-state index is 12.1. The van der Waals surface area contributed by atoms with Crippen LogP contribution in [0.3, 0.4) is 0 Å². The summed E-state index contributed by atoms with van der Waals surface area (Å²) in [6.07, 6.45) is 1.46. The number of nitrogens with zero attached hydrogens (tertiary/aromatic N) is 1. The summed E-state index contributed by atoms with van der Waals surface area (Å²) >= 11 is 0. The van der Waals surface area contributed by atoms with Gasteiger partial charge in [0, 0.05) is 5.69 Å². The second-order valence-electron chi connectivity index (χ2n) is 4.44. The van der Waals surface area contributed by atoms with Crippen molar-refractivity contribution in [2.45, 2.75) is 0 Å². The van der Waals surface area contributed by atoms with Crippen LogP contribution in [-0.2, 0) is 4.79 Å². The Hall–Kier alpha value is -3.26. The van der Waals surface area contributed by atoms with Crippen LogP contribution in [0.4, 0.5) is 5.69 Å². The van der Waals surface area contributed by atoms with Gasteiger partial charge in [0.25, 0.3) is 5.91 Å². The summed E-state index contributed by atoms with van der Waals surface area (Å²) in [6, 6.07) is 14.9. The summed E-state index contributed by atoms with van der Waals surface area (Å²) in [4.78, 5) is 12.1. The standard InChI is InChI=1S/C17H14N2O3/c1-22-16-8-4-14(5-9-16)19-17(21)13(11-18)10-12-2-6-15(20)7-3-12/h2-10,20H,1H3,(H,19,21)/b13-10+. The van der Waals surface area contributed by atoms with Crippen molar-refractivity contribution in [2.75, 3.05) is 12.4 Å². The monoisotopic (exact) mass is 294 g/mol. The van der Waals surface area contributed by atoms with E-state index in [2.05, 4.69) is 5.32 Å². The molecule has 2 aromatic carbocycles. The predicted molar refractivity (Wildman–Crippen MR) is 83.3 cm³/mol. The quantitative estimate of drug-likeness (QED) is 0.671. The molecule has 0 spiro atoms. The Balaban J connectivity index is 2.14. The van der Waals surface area contributed by atoms with Gasteiger partial charge >= 0.3 is 0 Å². The van der Waals surface area contributed by atoms with E-state index in [4.69, 9.17) is 10.00 Å². The minimum atomic E-state index is -0.499. The molecule has 2 N–H and O–H groups in total. The van der Waals surface area contributed by atoms with Gasteiger partial charge < -0.3 is 15.2 Å². The first-order valence-electron chi connectivity index (χ1n) is 6.48. The average molecular weight is 294 g/mol. The van der Waals surface area contributed by atoms with Gasteiger partial charge in [0.05, 0.1) is 7.11 Å². The molecular formula is C17H14N2O3. The molecule has 5 heteroatoms. The number of benzene rings is 2. The summed E-state index contributed by atoms with van der Waals surface area (Å²) in [7, 11) is 1.56. The van der Waals surface area contributed by atoms with Crippen LogP contribution in [0.1, 0.15) is 5.56 Å². The van der Waals surface area contributed by atoms with Crippen LogP contribution in [0.25, 0.3) is 6.08 Å². The highest BCUT2D eigenvalue weighted by Crippen LogP contribution is 2.17. The highest BCUT2D eigenvalue weighted by Gasteiger charge is 2.09. The molecule has 2 rings (SSSR count). The van der Waals surface area contributed by atoms with Crippen molar-refractivity contribution in [1.29, 1.82) is 5.26 Å². The molecule has 0 aliphatic rings. The summed E-state index contributed by atoms with van der Waals surface area (Å²) in [6.45, 7) is 0. The fraction of sp³-hybridized carbons (Fsp3) is 0.0588. The lowest BCUT2D eigenvalue weighted by molar-refractivity contribution is -0.112. The highest BCUT2D eigenvalue weighted by molar-refractivity contribution is 6.09. The van der Waals surface area contributed by atoms with Crippen LogP contribution < -0.4 is 10.1 Å². The minimum Gasteiger partial charge on any atom is -0.508 e. The topological polar surface area (TPSA) is 82.3 Å². The summed E-state index contributed by atoms with van der Waals surface area (Å²) in [5.41, 5.74) is 1.19. The number of phenols is 1. The van der Waals surface area contributed by atoms with E-state index in [0.717, 1.165) is 0 Å². The highest BCUT2D eigenvalue weighted by atomic mass is 16.5. The van der Waals surface area contributed by atoms with Crippen molar-refractivity contribution < 1.29 is 14.6 Å². The first kappa shape index (κ1) is 15.1. The number of ether oxygens (including phenoxy) is 1. The van der Waals surface area contributed by atoms with Gasteiger partial charge in [-0.3, -0.25) is 4.79 Å². The molecule has 0 heterocycles. The number of anilines is 1. The second-order valence-corrected chi connectivity index (χ2v) is 4.44. The smallest absolute Gasteiger partial charge is 0.266 e. The average Bonchev–Trinajstić information content (AvgIpc) is 2.55. The van der Waals surface area contributed by atoms with Gasteiger partial charge in [0.2, 0.25) is 0 Å². The lowest BCUT2D eigenvalue weighted by atomic mass is 10.1. The van der Waals surface area contributed by atoms with E-state index < -0.39 is 5.91 Å². The van der Waals surface area contributed by atoms with E-state index in [1.165, 1.54) is 18.2 Å². The third-order valence-corrected chi connectivity index (χ3v) is 2.92. The molecule has 22 heavy (non-hydrogen) atoms. The van der Waals surface area contributed by atoms with Gasteiger partial charge in [-0.1, -0.05) is 12.1 Å². The molecule has 0 unspecified atom stereocenters. The van der Waals surface area contributed by atoms with Gasteiger partial charge in [-0.2, -0.15) is 5.26 Å². The lowest BCUT2D eigenvalue weighted by Crippen LogP contribution is -2.13. The molecule has 0 aliphatic carbocycles. The Morgan fingerprint density at radius 1 is 1.18 bits per heavy atom. The zero-order chi connectivity index (χ0) is 15.9. The Kier molecular flexibility index (Phi) is 4.78. The van der Waals surface area contributed by atoms with Crippen LogP contribution in [0.5, 0.6) is 11.5 Å². The molecule has 0 atom stereocenters. The number of rotatable bonds is 4. The number of carbonyl (C=O) groups excluding carboxylic acids is 1.